The van der Waals surface area contributed by atoms with E-state index in [1.165, 1.54) is 0 Å². The van der Waals surface area contributed by atoms with Crippen LogP contribution in [-0.4, -0.2) is 40.4 Å². The topological polar surface area (TPSA) is 61.0 Å². The van der Waals surface area contributed by atoms with Gasteiger partial charge in [0.1, 0.15) is 0 Å². The van der Waals surface area contributed by atoms with Crippen LogP contribution in [-0.2, 0) is 11.3 Å². The van der Waals surface area contributed by atoms with E-state index in [4.69, 9.17) is 0 Å². The number of nitrogens with zero attached hydrogens (tertiary/aromatic N) is 2. The zero-order valence-electron chi connectivity index (χ0n) is 10.2. The van der Waals surface area contributed by atoms with E-state index in [1.54, 1.807) is 6.33 Å². The second-order valence-electron chi connectivity index (χ2n) is 3.64. The molecule has 0 aliphatic carbocycles. The maximum absolute atomic E-state index is 11.7. The lowest BCUT2D eigenvalue weighted by atomic mass is 10.3. The molecular weight excluding hydrogens is 204 g/mol. The lowest BCUT2D eigenvalue weighted by molar-refractivity contribution is -0.129. The number of H-pyrrole nitrogens is 1. The van der Waals surface area contributed by atoms with Gasteiger partial charge in [0, 0.05) is 25.3 Å². The Bertz CT molecular complexity index is 330. The molecule has 2 N–H and O–H groups in total. The number of likely N-dealkylation sites (N-methyl/N-ethyl adjacent to an activating group) is 1. The molecule has 0 unspecified atom stereocenters. The second-order valence-corrected chi connectivity index (χ2v) is 3.64. The van der Waals surface area contributed by atoms with E-state index in [0.29, 0.717) is 13.1 Å². The number of nitrogens with one attached hydrogen (secondary N) is 2. The third kappa shape index (κ3) is 3.34. The van der Waals surface area contributed by atoms with Gasteiger partial charge in [-0.15, -0.1) is 0 Å². The van der Waals surface area contributed by atoms with Gasteiger partial charge < -0.3 is 15.2 Å². The van der Waals surface area contributed by atoms with Crippen LogP contribution in [0.25, 0.3) is 0 Å². The van der Waals surface area contributed by atoms with Crippen molar-refractivity contribution in [2.45, 2.75) is 27.3 Å². The minimum absolute atomic E-state index is 0.137. The normalized spacial score (nSPS) is 10.4. The standard InChI is InChI=1S/C11H20N4O/c1-4-15(5-2)11(16)7-12-6-10-9(3)13-8-14-10/h8,12H,4-7H2,1-3H3,(H,13,14). The number of carbonyl (C=O) groups is 1. The van der Waals surface area contributed by atoms with Crippen LogP contribution in [0, 0.1) is 6.92 Å². The fraction of sp³-hybridized carbons (Fsp3) is 0.636. The van der Waals surface area contributed by atoms with Crippen molar-refractivity contribution in [1.29, 1.82) is 0 Å². The van der Waals surface area contributed by atoms with Gasteiger partial charge in [-0.3, -0.25) is 4.79 Å². The van der Waals surface area contributed by atoms with Crippen molar-refractivity contribution in [1.82, 2.24) is 20.2 Å². The molecule has 0 aliphatic heterocycles. The molecule has 5 heteroatoms. The fourth-order valence-electron chi connectivity index (χ4n) is 1.54. The summed E-state index contributed by atoms with van der Waals surface area (Å²) in [5, 5.41) is 3.10. The SMILES string of the molecule is CCN(CC)C(=O)CNCc1nc[nH]c1C. The van der Waals surface area contributed by atoms with E-state index >= 15 is 0 Å². The van der Waals surface area contributed by atoms with Gasteiger partial charge in [0.05, 0.1) is 18.6 Å². The molecular formula is C11H20N4O. The summed E-state index contributed by atoms with van der Waals surface area (Å²) in [6.07, 6.45) is 1.67. The van der Waals surface area contributed by atoms with Gasteiger partial charge in [0.25, 0.3) is 0 Å². The monoisotopic (exact) mass is 224 g/mol. The highest BCUT2D eigenvalue weighted by atomic mass is 16.2. The summed E-state index contributed by atoms with van der Waals surface area (Å²) >= 11 is 0. The maximum atomic E-state index is 11.7. The Morgan fingerprint density at radius 3 is 2.69 bits per heavy atom. The van der Waals surface area contributed by atoms with Crippen LogP contribution in [0.15, 0.2) is 6.33 Å². The molecule has 0 saturated heterocycles. The number of rotatable bonds is 6. The summed E-state index contributed by atoms with van der Waals surface area (Å²) in [7, 11) is 0. The highest BCUT2D eigenvalue weighted by Gasteiger charge is 2.09. The molecule has 5 nitrogen and oxygen atoms in total. The van der Waals surface area contributed by atoms with Gasteiger partial charge in [0.2, 0.25) is 5.91 Å². The molecule has 0 aromatic carbocycles. The number of aromatic amines is 1. The van der Waals surface area contributed by atoms with Gasteiger partial charge in [-0.1, -0.05) is 0 Å². The van der Waals surface area contributed by atoms with Crippen LogP contribution in [0.4, 0.5) is 0 Å². The average molecular weight is 224 g/mol. The number of aryl methyl sites for hydroxylation is 1. The summed E-state index contributed by atoms with van der Waals surface area (Å²) in [6.45, 7) is 8.46. The van der Waals surface area contributed by atoms with E-state index in [-0.39, 0.29) is 5.91 Å². The highest BCUT2D eigenvalue weighted by molar-refractivity contribution is 5.78. The first-order valence-corrected chi connectivity index (χ1v) is 5.66. The molecule has 0 fully saturated rings. The zero-order valence-corrected chi connectivity index (χ0v) is 10.2. The molecule has 1 amide bonds. The second kappa shape index (κ2) is 6.27. The predicted octanol–water partition coefficient (Wildman–Crippen LogP) is 0.676. The molecule has 1 rings (SSSR count). The van der Waals surface area contributed by atoms with Crippen LogP contribution in [0.3, 0.4) is 0 Å². The molecule has 0 bridgehead atoms. The van der Waals surface area contributed by atoms with Crippen molar-refractivity contribution in [3.8, 4) is 0 Å². The first-order chi connectivity index (χ1) is 7.69. The fourth-order valence-corrected chi connectivity index (χ4v) is 1.54. The number of hydrogen-bond donors (Lipinski definition) is 2. The van der Waals surface area contributed by atoms with Crippen LogP contribution < -0.4 is 5.32 Å². The van der Waals surface area contributed by atoms with Crippen LogP contribution in [0.2, 0.25) is 0 Å². The van der Waals surface area contributed by atoms with E-state index in [0.717, 1.165) is 24.5 Å². The van der Waals surface area contributed by atoms with Gasteiger partial charge in [-0.05, 0) is 20.8 Å². The Balaban J connectivity index is 2.30. The lowest BCUT2D eigenvalue weighted by Crippen LogP contribution is -2.37. The molecule has 90 valence electrons. The van der Waals surface area contributed by atoms with E-state index in [1.807, 2.05) is 25.7 Å². The Morgan fingerprint density at radius 2 is 2.19 bits per heavy atom. The van der Waals surface area contributed by atoms with Crippen molar-refractivity contribution < 1.29 is 4.79 Å². The first-order valence-electron chi connectivity index (χ1n) is 5.66. The van der Waals surface area contributed by atoms with Crippen molar-refractivity contribution in [2.75, 3.05) is 19.6 Å². The van der Waals surface area contributed by atoms with Gasteiger partial charge in [-0.2, -0.15) is 0 Å². The van der Waals surface area contributed by atoms with Crippen LogP contribution in [0.1, 0.15) is 25.2 Å². The maximum Gasteiger partial charge on any atom is 0.236 e. The van der Waals surface area contributed by atoms with Crippen molar-refractivity contribution in [3.05, 3.63) is 17.7 Å². The minimum atomic E-state index is 0.137. The molecule has 0 radical (unpaired) electrons. The Labute approximate surface area is 96.3 Å². The first kappa shape index (κ1) is 12.7. The van der Waals surface area contributed by atoms with Crippen molar-refractivity contribution in [3.63, 3.8) is 0 Å². The Kier molecular flexibility index (Phi) is 4.98. The van der Waals surface area contributed by atoms with Gasteiger partial charge >= 0.3 is 0 Å². The summed E-state index contributed by atoms with van der Waals surface area (Å²) < 4.78 is 0. The molecule has 0 aliphatic rings. The molecule has 1 aromatic heterocycles. The molecule has 0 atom stereocenters. The summed E-state index contributed by atoms with van der Waals surface area (Å²) in [5.41, 5.74) is 2.01. The number of imidazole rings is 1. The number of hydrogen-bond acceptors (Lipinski definition) is 3. The summed E-state index contributed by atoms with van der Waals surface area (Å²) in [5.74, 6) is 0.137. The van der Waals surface area contributed by atoms with Crippen LogP contribution in [0.5, 0.6) is 0 Å². The number of aromatic nitrogens is 2. The van der Waals surface area contributed by atoms with E-state index in [2.05, 4.69) is 15.3 Å². The zero-order chi connectivity index (χ0) is 12.0. The van der Waals surface area contributed by atoms with E-state index < -0.39 is 0 Å². The molecule has 0 spiro atoms. The number of carbonyl (C=O) groups excluding carboxylic acids is 1. The predicted molar refractivity (Wildman–Crippen MR) is 63.0 cm³/mol. The molecule has 0 saturated carbocycles. The largest absolute Gasteiger partial charge is 0.348 e. The Hall–Kier alpha value is -1.36. The number of amides is 1. The van der Waals surface area contributed by atoms with Crippen LogP contribution >= 0.6 is 0 Å². The van der Waals surface area contributed by atoms with E-state index in [9.17, 15) is 4.79 Å². The molecule has 1 heterocycles. The summed E-state index contributed by atoms with van der Waals surface area (Å²) in [4.78, 5) is 20.6. The quantitative estimate of drug-likeness (QED) is 0.747. The van der Waals surface area contributed by atoms with Gasteiger partial charge in [-0.25, -0.2) is 4.98 Å². The Morgan fingerprint density at radius 1 is 1.50 bits per heavy atom. The smallest absolute Gasteiger partial charge is 0.236 e. The molecule has 16 heavy (non-hydrogen) atoms. The van der Waals surface area contributed by atoms with Gasteiger partial charge in [0.15, 0.2) is 0 Å². The lowest BCUT2D eigenvalue weighted by Gasteiger charge is -2.18. The minimum Gasteiger partial charge on any atom is -0.348 e. The molecule has 1 aromatic rings. The summed E-state index contributed by atoms with van der Waals surface area (Å²) in [6, 6.07) is 0. The van der Waals surface area contributed by atoms with Crippen molar-refractivity contribution in [2.24, 2.45) is 0 Å². The highest BCUT2D eigenvalue weighted by Crippen LogP contribution is 1.99. The third-order valence-corrected chi connectivity index (χ3v) is 2.62. The van der Waals surface area contributed by atoms with Crippen molar-refractivity contribution >= 4 is 5.91 Å². The third-order valence-electron chi connectivity index (χ3n) is 2.62. The average Bonchev–Trinajstić information content (AvgIpc) is 2.66.